The molecule has 0 saturated heterocycles. The van der Waals surface area contributed by atoms with Gasteiger partial charge in [-0.2, -0.15) is 0 Å². The van der Waals surface area contributed by atoms with E-state index in [0.717, 1.165) is 11.4 Å². The highest BCUT2D eigenvalue weighted by molar-refractivity contribution is 5.44. The molecule has 0 amide bonds. The molecule has 1 aliphatic rings. The highest BCUT2D eigenvalue weighted by Crippen LogP contribution is 2.27. The molecule has 0 atom stereocenters. The first-order chi connectivity index (χ1) is 5.88. The van der Waals surface area contributed by atoms with E-state index in [0.29, 0.717) is 6.10 Å². The Kier molecular flexibility index (Phi) is 1.86. The maximum Gasteiger partial charge on any atom is 0.140 e. The summed E-state index contributed by atoms with van der Waals surface area (Å²) in [6, 6.07) is 1.96. The molecule has 0 bridgehead atoms. The fraction of sp³-hybridized carbons (Fsp3) is 0.444. The van der Waals surface area contributed by atoms with Crippen molar-refractivity contribution in [3.8, 4) is 5.75 Å². The quantitative estimate of drug-likeness (QED) is 0.737. The molecule has 0 aliphatic heterocycles. The molecule has 3 nitrogen and oxygen atoms in total. The van der Waals surface area contributed by atoms with Crippen molar-refractivity contribution in [1.82, 2.24) is 4.98 Å². The number of nitrogens with zero attached hydrogens (tertiary/aromatic N) is 1. The summed E-state index contributed by atoms with van der Waals surface area (Å²) < 4.78 is 5.57. The molecule has 1 heterocycles. The average molecular weight is 164 g/mol. The molecule has 1 fully saturated rings. The molecule has 0 radical (unpaired) electrons. The Morgan fingerprint density at radius 3 is 3.00 bits per heavy atom. The van der Waals surface area contributed by atoms with Crippen LogP contribution in [0.5, 0.6) is 5.75 Å². The Hall–Kier alpha value is -1.25. The van der Waals surface area contributed by atoms with Crippen LogP contribution in [0.25, 0.3) is 0 Å². The van der Waals surface area contributed by atoms with E-state index >= 15 is 0 Å². The van der Waals surface area contributed by atoms with Crippen molar-refractivity contribution in [2.24, 2.45) is 0 Å². The number of aromatic nitrogens is 1. The Morgan fingerprint density at radius 1 is 1.50 bits per heavy atom. The topological polar surface area (TPSA) is 34.2 Å². The van der Waals surface area contributed by atoms with E-state index in [-0.39, 0.29) is 0 Å². The van der Waals surface area contributed by atoms with Crippen LogP contribution in [0.3, 0.4) is 0 Å². The molecular weight excluding hydrogens is 152 g/mol. The molecular formula is C9H12N2O. The average Bonchev–Trinajstić information content (AvgIpc) is 2.89. The molecule has 3 heteroatoms. The minimum Gasteiger partial charge on any atom is -0.489 e. The first-order valence-corrected chi connectivity index (χ1v) is 4.18. The summed E-state index contributed by atoms with van der Waals surface area (Å²) in [7, 11) is 1.87. The lowest BCUT2D eigenvalue weighted by Crippen LogP contribution is -1.97. The van der Waals surface area contributed by atoms with Gasteiger partial charge in [-0.3, -0.25) is 4.98 Å². The van der Waals surface area contributed by atoms with Crippen LogP contribution in [0.4, 0.5) is 5.69 Å². The van der Waals surface area contributed by atoms with Crippen molar-refractivity contribution in [1.29, 1.82) is 0 Å². The summed E-state index contributed by atoms with van der Waals surface area (Å²) in [6.45, 7) is 0. The highest BCUT2D eigenvalue weighted by atomic mass is 16.5. The van der Waals surface area contributed by atoms with E-state index in [9.17, 15) is 0 Å². The van der Waals surface area contributed by atoms with Crippen LogP contribution >= 0.6 is 0 Å². The summed E-state index contributed by atoms with van der Waals surface area (Å²) >= 11 is 0. The molecule has 1 aromatic rings. The third-order valence-corrected chi connectivity index (χ3v) is 1.83. The third kappa shape index (κ3) is 1.67. The maximum atomic E-state index is 5.57. The molecule has 1 aliphatic carbocycles. The van der Waals surface area contributed by atoms with Crippen molar-refractivity contribution in [2.75, 3.05) is 12.4 Å². The number of pyridine rings is 1. The normalized spacial score (nSPS) is 15.8. The predicted octanol–water partition coefficient (Wildman–Crippen LogP) is 1.66. The number of nitrogens with one attached hydrogen (secondary N) is 1. The van der Waals surface area contributed by atoms with Gasteiger partial charge in [0.05, 0.1) is 24.2 Å². The van der Waals surface area contributed by atoms with Gasteiger partial charge in [0.15, 0.2) is 0 Å². The highest BCUT2D eigenvalue weighted by Gasteiger charge is 2.23. The summed E-state index contributed by atoms with van der Waals surface area (Å²) in [5.74, 6) is 0.865. The van der Waals surface area contributed by atoms with Gasteiger partial charge in [-0.1, -0.05) is 0 Å². The number of hydrogen-bond acceptors (Lipinski definition) is 3. The van der Waals surface area contributed by atoms with Gasteiger partial charge in [-0.05, 0) is 12.8 Å². The summed E-state index contributed by atoms with van der Waals surface area (Å²) in [5.41, 5.74) is 0.994. The Labute approximate surface area is 71.8 Å². The first-order valence-electron chi connectivity index (χ1n) is 4.18. The van der Waals surface area contributed by atoms with Gasteiger partial charge < -0.3 is 10.1 Å². The molecule has 12 heavy (non-hydrogen) atoms. The number of ether oxygens (including phenoxy) is 1. The number of rotatable bonds is 3. The lowest BCUT2D eigenvalue weighted by atomic mass is 10.4. The van der Waals surface area contributed by atoms with E-state index in [1.165, 1.54) is 12.8 Å². The van der Waals surface area contributed by atoms with Gasteiger partial charge in [0.1, 0.15) is 5.75 Å². The fourth-order valence-corrected chi connectivity index (χ4v) is 0.998. The maximum absolute atomic E-state index is 5.57. The minimum atomic E-state index is 0.443. The van der Waals surface area contributed by atoms with Crippen LogP contribution in [0, 0.1) is 0 Å². The zero-order chi connectivity index (χ0) is 8.39. The smallest absolute Gasteiger partial charge is 0.140 e. The Bertz CT molecular complexity index is 271. The molecule has 0 aromatic carbocycles. The van der Waals surface area contributed by atoms with E-state index < -0.39 is 0 Å². The lowest BCUT2D eigenvalue weighted by Gasteiger charge is -2.04. The van der Waals surface area contributed by atoms with Crippen molar-refractivity contribution in [2.45, 2.75) is 18.9 Å². The molecule has 1 N–H and O–H groups in total. The predicted molar refractivity (Wildman–Crippen MR) is 47.4 cm³/mol. The van der Waals surface area contributed by atoms with Crippen LogP contribution in [0.1, 0.15) is 12.8 Å². The minimum absolute atomic E-state index is 0.443. The standard InChI is InChI=1S/C9H12N2O/c1-10-7-4-9(6-11-5-7)12-8-2-3-8/h4-6,8,10H,2-3H2,1H3. The monoisotopic (exact) mass is 164 g/mol. The summed E-state index contributed by atoms with van der Waals surface area (Å²) in [4.78, 5) is 4.05. The first kappa shape index (κ1) is 7.40. The van der Waals surface area contributed by atoms with Crippen molar-refractivity contribution < 1.29 is 4.74 Å². The van der Waals surface area contributed by atoms with E-state index in [1.54, 1.807) is 12.4 Å². The number of anilines is 1. The summed E-state index contributed by atoms with van der Waals surface area (Å²) in [6.07, 6.45) is 6.34. The molecule has 0 spiro atoms. The van der Waals surface area contributed by atoms with Gasteiger partial charge >= 0.3 is 0 Å². The van der Waals surface area contributed by atoms with E-state index in [1.807, 2.05) is 13.1 Å². The van der Waals surface area contributed by atoms with Crippen LogP contribution in [-0.2, 0) is 0 Å². The summed E-state index contributed by atoms with van der Waals surface area (Å²) in [5, 5.41) is 3.02. The lowest BCUT2D eigenvalue weighted by molar-refractivity contribution is 0.302. The largest absolute Gasteiger partial charge is 0.489 e. The zero-order valence-electron chi connectivity index (χ0n) is 7.08. The second-order valence-electron chi connectivity index (χ2n) is 2.98. The van der Waals surface area contributed by atoms with Gasteiger partial charge in [0, 0.05) is 13.1 Å². The van der Waals surface area contributed by atoms with E-state index in [2.05, 4.69) is 10.3 Å². The van der Waals surface area contributed by atoms with Gasteiger partial charge in [0.25, 0.3) is 0 Å². The van der Waals surface area contributed by atoms with Crippen LogP contribution in [0.15, 0.2) is 18.5 Å². The van der Waals surface area contributed by atoms with Gasteiger partial charge in [0.2, 0.25) is 0 Å². The molecule has 1 saturated carbocycles. The van der Waals surface area contributed by atoms with Crippen molar-refractivity contribution in [3.05, 3.63) is 18.5 Å². The SMILES string of the molecule is CNc1cncc(OC2CC2)c1. The zero-order valence-corrected chi connectivity index (χ0v) is 7.08. The fourth-order valence-electron chi connectivity index (χ4n) is 0.998. The molecule has 0 unspecified atom stereocenters. The Morgan fingerprint density at radius 2 is 2.33 bits per heavy atom. The van der Waals surface area contributed by atoms with Gasteiger partial charge in [-0.25, -0.2) is 0 Å². The van der Waals surface area contributed by atoms with Gasteiger partial charge in [-0.15, -0.1) is 0 Å². The van der Waals surface area contributed by atoms with E-state index in [4.69, 9.17) is 4.74 Å². The third-order valence-electron chi connectivity index (χ3n) is 1.83. The second kappa shape index (κ2) is 3.01. The van der Waals surface area contributed by atoms with Crippen molar-refractivity contribution in [3.63, 3.8) is 0 Å². The second-order valence-corrected chi connectivity index (χ2v) is 2.98. The Balaban J connectivity index is 2.08. The molecule has 64 valence electrons. The molecule has 1 aromatic heterocycles. The van der Waals surface area contributed by atoms with Crippen LogP contribution < -0.4 is 10.1 Å². The number of hydrogen-bond donors (Lipinski definition) is 1. The van der Waals surface area contributed by atoms with Crippen LogP contribution in [-0.4, -0.2) is 18.1 Å². The molecule has 2 rings (SSSR count). The van der Waals surface area contributed by atoms with Crippen molar-refractivity contribution >= 4 is 5.69 Å². The van der Waals surface area contributed by atoms with Crippen LogP contribution in [0.2, 0.25) is 0 Å².